The van der Waals surface area contributed by atoms with Crippen LogP contribution >= 0.6 is 0 Å². The predicted octanol–water partition coefficient (Wildman–Crippen LogP) is 1.54. The number of ether oxygens (including phenoxy) is 1. The van der Waals surface area contributed by atoms with Crippen LogP contribution in [-0.2, 0) is 4.79 Å². The van der Waals surface area contributed by atoms with E-state index in [1.807, 2.05) is 12.1 Å². The van der Waals surface area contributed by atoms with Gasteiger partial charge in [-0.3, -0.25) is 4.79 Å². The van der Waals surface area contributed by atoms with Gasteiger partial charge >= 0.3 is 0 Å². The number of carbonyl (C=O) groups is 1. The van der Waals surface area contributed by atoms with E-state index in [0.717, 1.165) is 38.2 Å². The first-order valence-electron chi connectivity index (χ1n) is 7.30. The molecule has 0 radical (unpaired) electrons. The summed E-state index contributed by atoms with van der Waals surface area (Å²) in [5, 5.41) is 11.7. The van der Waals surface area contributed by atoms with E-state index in [4.69, 9.17) is 10.00 Å². The summed E-state index contributed by atoms with van der Waals surface area (Å²) >= 11 is 0. The quantitative estimate of drug-likeness (QED) is 0.806. The lowest BCUT2D eigenvalue weighted by molar-refractivity contribution is -0.119. The molecule has 112 valence electrons. The Morgan fingerprint density at radius 3 is 2.90 bits per heavy atom. The first kappa shape index (κ1) is 15.3. The monoisotopic (exact) mass is 287 g/mol. The lowest BCUT2D eigenvalue weighted by Crippen LogP contribution is -2.35. The number of amides is 1. The van der Waals surface area contributed by atoms with Gasteiger partial charge in [0.2, 0.25) is 5.91 Å². The van der Waals surface area contributed by atoms with E-state index in [2.05, 4.69) is 16.3 Å². The van der Waals surface area contributed by atoms with Crippen LogP contribution in [0.1, 0.15) is 25.3 Å². The first-order valence-corrected chi connectivity index (χ1v) is 7.30. The minimum atomic E-state index is 0.0472. The average Bonchev–Trinajstić information content (AvgIpc) is 2.91. The maximum absolute atomic E-state index is 11.0. The van der Waals surface area contributed by atoms with Crippen molar-refractivity contribution in [3.05, 3.63) is 29.8 Å². The van der Waals surface area contributed by atoms with Gasteiger partial charge in [-0.1, -0.05) is 0 Å². The Labute approximate surface area is 125 Å². The van der Waals surface area contributed by atoms with Crippen LogP contribution in [-0.4, -0.2) is 43.1 Å². The molecule has 1 aliphatic heterocycles. The van der Waals surface area contributed by atoms with Crippen LogP contribution in [0.15, 0.2) is 24.3 Å². The lowest BCUT2D eigenvalue weighted by Gasteiger charge is -2.16. The number of likely N-dealkylation sites (tertiary alicyclic amines) is 1. The van der Waals surface area contributed by atoms with E-state index in [9.17, 15) is 4.79 Å². The molecule has 2 rings (SSSR count). The van der Waals surface area contributed by atoms with Gasteiger partial charge in [0, 0.05) is 32.6 Å². The van der Waals surface area contributed by atoms with Gasteiger partial charge < -0.3 is 15.0 Å². The summed E-state index contributed by atoms with van der Waals surface area (Å²) in [5.74, 6) is 0.845. The topological polar surface area (TPSA) is 65.4 Å². The second-order valence-electron chi connectivity index (χ2n) is 5.32. The molecule has 1 aromatic carbocycles. The fraction of sp³-hybridized carbons (Fsp3) is 0.500. The van der Waals surface area contributed by atoms with Crippen LogP contribution < -0.4 is 10.1 Å². The van der Waals surface area contributed by atoms with Crippen molar-refractivity contribution < 1.29 is 9.53 Å². The number of hydrogen-bond acceptors (Lipinski definition) is 4. The van der Waals surface area contributed by atoms with Crippen LogP contribution in [0.4, 0.5) is 0 Å². The van der Waals surface area contributed by atoms with Crippen molar-refractivity contribution in [3.63, 3.8) is 0 Å². The molecule has 1 N–H and O–H groups in total. The molecule has 1 amide bonds. The molecular weight excluding hydrogens is 266 g/mol. The van der Waals surface area contributed by atoms with Gasteiger partial charge in [-0.05, 0) is 37.1 Å². The molecule has 5 nitrogen and oxygen atoms in total. The zero-order valence-electron chi connectivity index (χ0n) is 12.3. The highest BCUT2D eigenvalue weighted by molar-refractivity contribution is 5.73. The summed E-state index contributed by atoms with van der Waals surface area (Å²) in [6, 6.07) is 9.53. The van der Waals surface area contributed by atoms with Gasteiger partial charge in [-0.25, -0.2) is 0 Å². The van der Waals surface area contributed by atoms with E-state index in [0.29, 0.717) is 18.2 Å². The molecule has 0 aromatic heterocycles. The van der Waals surface area contributed by atoms with E-state index in [-0.39, 0.29) is 5.91 Å². The van der Waals surface area contributed by atoms with Crippen LogP contribution in [0.5, 0.6) is 5.75 Å². The molecular formula is C16H21N3O2. The molecule has 0 aliphatic carbocycles. The Hall–Kier alpha value is -2.06. The summed E-state index contributed by atoms with van der Waals surface area (Å²) in [6.07, 6.45) is 1.98. The number of nitrogens with one attached hydrogen (secondary N) is 1. The normalized spacial score (nSPS) is 18.2. The summed E-state index contributed by atoms with van der Waals surface area (Å²) in [7, 11) is 0. The highest BCUT2D eigenvalue weighted by Crippen LogP contribution is 2.13. The fourth-order valence-electron chi connectivity index (χ4n) is 2.54. The minimum Gasteiger partial charge on any atom is -0.494 e. The number of nitriles is 1. The summed E-state index contributed by atoms with van der Waals surface area (Å²) in [6.45, 7) is 5.16. The van der Waals surface area contributed by atoms with Gasteiger partial charge in [-0.15, -0.1) is 0 Å². The third-order valence-corrected chi connectivity index (χ3v) is 3.55. The van der Waals surface area contributed by atoms with Gasteiger partial charge in [0.25, 0.3) is 0 Å². The fourth-order valence-corrected chi connectivity index (χ4v) is 2.54. The van der Waals surface area contributed by atoms with Gasteiger partial charge in [0.15, 0.2) is 0 Å². The molecule has 1 aromatic rings. The van der Waals surface area contributed by atoms with Crippen molar-refractivity contribution >= 4 is 5.91 Å². The number of nitrogens with zero attached hydrogens (tertiary/aromatic N) is 2. The van der Waals surface area contributed by atoms with Gasteiger partial charge in [-0.2, -0.15) is 5.26 Å². The van der Waals surface area contributed by atoms with E-state index in [1.54, 1.807) is 19.1 Å². The van der Waals surface area contributed by atoms with Crippen molar-refractivity contribution in [1.82, 2.24) is 10.2 Å². The molecule has 1 aliphatic rings. The van der Waals surface area contributed by atoms with Crippen LogP contribution in [0.3, 0.4) is 0 Å². The van der Waals surface area contributed by atoms with Crippen molar-refractivity contribution in [2.45, 2.75) is 25.8 Å². The van der Waals surface area contributed by atoms with E-state index < -0.39 is 0 Å². The highest BCUT2D eigenvalue weighted by atomic mass is 16.5. The Balaban J connectivity index is 1.62. The third kappa shape index (κ3) is 5.09. The van der Waals surface area contributed by atoms with Crippen molar-refractivity contribution in [3.8, 4) is 11.8 Å². The predicted molar refractivity (Wildman–Crippen MR) is 79.9 cm³/mol. The van der Waals surface area contributed by atoms with Crippen LogP contribution in [0, 0.1) is 11.3 Å². The molecule has 21 heavy (non-hydrogen) atoms. The maximum atomic E-state index is 11.0. The molecule has 1 saturated heterocycles. The number of rotatable bonds is 6. The van der Waals surface area contributed by atoms with Gasteiger partial charge in [0.05, 0.1) is 18.2 Å². The maximum Gasteiger partial charge on any atom is 0.217 e. The SMILES string of the molecule is CC(=O)NC1CCN(CCCOc2ccc(C#N)cc2)C1. The molecule has 1 fully saturated rings. The standard InChI is InChI=1S/C16H21N3O2/c1-13(20)18-15-7-9-19(12-15)8-2-10-21-16-5-3-14(11-17)4-6-16/h3-6,15H,2,7-10,12H2,1H3,(H,18,20). The molecule has 1 unspecified atom stereocenters. The molecule has 1 atom stereocenters. The molecule has 5 heteroatoms. The largest absolute Gasteiger partial charge is 0.494 e. The first-order chi connectivity index (χ1) is 10.2. The molecule has 1 heterocycles. The molecule has 0 bridgehead atoms. The van der Waals surface area contributed by atoms with Crippen molar-refractivity contribution in [1.29, 1.82) is 5.26 Å². The van der Waals surface area contributed by atoms with Crippen molar-refractivity contribution in [2.75, 3.05) is 26.2 Å². The summed E-state index contributed by atoms with van der Waals surface area (Å²) in [4.78, 5) is 13.3. The number of carbonyl (C=O) groups excluding carboxylic acids is 1. The zero-order valence-corrected chi connectivity index (χ0v) is 12.3. The van der Waals surface area contributed by atoms with Gasteiger partial charge in [0.1, 0.15) is 5.75 Å². The Kier molecular flexibility index (Phi) is 5.59. The number of hydrogen-bond donors (Lipinski definition) is 1. The Morgan fingerprint density at radius 2 is 2.24 bits per heavy atom. The van der Waals surface area contributed by atoms with Crippen molar-refractivity contribution in [2.24, 2.45) is 0 Å². The van der Waals surface area contributed by atoms with Crippen LogP contribution in [0.2, 0.25) is 0 Å². The zero-order chi connectivity index (χ0) is 15.1. The second-order valence-corrected chi connectivity index (χ2v) is 5.32. The third-order valence-electron chi connectivity index (χ3n) is 3.55. The molecule has 0 spiro atoms. The Bertz CT molecular complexity index is 507. The smallest absolute Gasteiger partial charge is 0.217 e. The molecule has 0 saturated carbocycles. The average molecular weight is 287 g/mol. The number of benzene rings is 1. The van der Waals surface area contributed by atoms with E-state index in [1.165, 1.54) is 0 Å². The highest BCUT2D eigenvalue weighted by Gasteiger charge is 2.22. The van der Waals surface area contributed by atoms with Crippen LogP contribution in [0.25, 0.3) is 0 Å². The lowest BCUT2D eigenvalue weighted by atomic mass is 10.2. The van der Waals surface area contributed by atoms with E-state index >= 15 is 0 Å². The minimum absolute atomic E-state index is 0.0472. The summed E-state index contributed by atoms with van der Waals surface area (Å²) < 4.78 is 5.65. The summed E-state index contributed by atoms with van der Waals surface area (Å²) in [5.41, 5.74) is 0.642. The second kappa shape index (κ2) is 7.65. The Morgan fingerprint density at radius 1 is 1.48 bits per heavy atom.